The molecule has 208 valence electrons. The topological polar surface area (TPSA) is 72.8 Å². The fourth-order valence-corrected chi connectivity index (χ4v) is 4.32. The molecule has 0 radical (unpaired) electrons. The van der Waals surface area contributed by atoms with Crippen LogP contribution >= 0.6 is 0 Å². The van der Waals surface area contributed by atoms with E-state index in [1.54, 1.807) is 0 Å². The molecule has 5 heteroatoms. The van der Waals surface area contributed by atoms with Crippen LogP contribution in [-0.4, -0.2) is 36.4 Å². The molecule has 0 saturated carbocycles. The first-order chi connectivity index (χ1) is 17.1. The standard InChI is InChI=1S/C30H58O5/c1-3-5-7-9-11-13-15-17-19-21-23-25-30(33)35-28(26-31)27-34-29(32)24-22-20-18-16-14-12-10-8-6-4-2/h28,31H,3-27H2,1-2H3/t28-/m0/s1. The van der Waals surface area contributed by atoms with E-state index in [0.717, 1.165) is 38.5 Å². The minimum atomic E-state index is -0.758. The third-order valence-electron chi connectivity index (χ3n) is 6.65. The zero-order valence-corrected chi connectivity index (χ0v) is 23.3. The Morgan fingerprint density at radius 1 is 0.543 bits per heavy atom. The van der Waals surface area contributed by atoms with Gasteiger partial charge in [0.1, 0.15) is 6.61 Å². The zero-order chi connectivity index (χ0) is 25.8. The highest BCUT2D eigenvalue weighted by Crippen LogP contribution is 2.13. The number of hydrogen-bond acceptors (Lipinski definition) is 5. The summed E-state index contributed by atoms with van der Waals surface area (Å²) in [5.74, 6) is -0.588. The maximum Gasteiger partial charge on any atom is 0.306 e. The van der Waals surface area contributed by atoms with Crippen molar-refractivity contribution in [3.63, 3.8) is 0 Å². The van der Waals surface area contributed by atoms with Crippen molar-refractivity contribution in [1.29, 1.82) is 0 Å². The van der Waals surface area contributed by atoms with Gasteiger partial charge in [0.2, 0.25) is 0 Å². The van der Waals surface area contributed by atoms with Gasteiger partial charge in [0.05, 0.1) is 6.61 Å². The molecule has 0 aliphatic carbocycles. The molecule has 0 fully saturated rings. The van der Waals surface area contributed by atoms with Gasteiger partial charge >= 0.3 is 11.9 Å². The fraction of sp³-hybridized carbons (Fsp3) is 0.933. The van der Waals surface area contributed by atoms with Crippen molar-refractivity contribution in [2.45, 2.75) is 168 Å². The highest BCUT2D eigenvalue weighted by Gasteiger charge is 2.16. The number of rotatable bonds is 27. The Balaban J connectivity index is 3.58. The molecule has 0 heterocycles. The maximum atomic E-state index is 12.0. The molecular formula is C30H58O5. The van der Waals surface area contributed by atoms with Crippen LogP contribution in [0.15, 0.2) is 0 Å². The average Bonchev–Trinajstić information content (AvgIpc) is 2.86. The predicted octanol–water partition coefficient (Wildman–Crippen LogP) is 8.45. The molecule has 5 nitrogen and oxygen atoms in total. The summed E-state index contributed by atoms with van der Waals surface area (Å²) in [4.78, 5) is 23.9. The summed E-state index contributed by atoms with van der Waals surface area (Å²) in [5.41, 5.74) is 0. The van der Waals surface area contributed by atoms with Crippen molar-refractivity contribution in [1.82, 2.24) is 0 Å². The van der Waals surface area contributed by atoms with Gasteiger partial charge in [0.15, 0.2) is 6.10 Å². The second kappa shape index (κ2) is 27.5. The molecule has 1 atom stereocenters. The molecule has 0 rings (SSSR count). The largest absolute Gasteiger partial charge is 0.462 e. The Hall–Kier alpha value is -1.10. The number of ether oxygens (including phenoxy) is 2. The number of carbonyl (C=O) groups is 2. The number of hydrogen-bond donors (Lipinski definition) is 1. The molecule has 1 N–H and O–H groups in total. The van der Waals surface area contributed by atoms with Crippen LogP contribution in [0.2, 0.25) is 0 Å². The molecule has 0 unspecified atom stereocenters. The molecule has 0 aromatic heterocycles. The average molecular weight is 499 g/mol. The van der Waals surface area contributed by atoms with Crippen LogP contribution < -0.4 is 0 Å². The Morgan fingerprint density at radius 3 is 1.26 bits per heavy atom. The molecule has 0 aromatic carbocycles. The number of esters is 2. The van der Waals surface area contributed by atoms with Gasteiger partial charge < -0.3 is 14.6 Å². The predicted molar refractivity (Wildman–Crippen MR) is 145 cm³/mol. The normalized spacial score (nSPS) is 12.0. The Morgan fingerprint density at radius 2 is 0.886 bits per heavy atom. The van der Waals surface area contributed by atoms with Crippen LogP contribution in [0.3, 0.4) is 0 Å². The minimum absolute atomic E-state index is 0.0584. The van der Waals surface area contributed by atoms with Gasteiger partial charge in [-0.1, -0.05) is 136 Å². The smallest absolute Gasteiger partial charge is 0.306 e. The van der Waals surface area contributed by atoms with E-state index < -0.39 is 6.10 Å². The monoisotopic (exact) mass is 498 g/mol. The second-order valence-corrected chi connectivity index (χ2v) is 10.2. The molecule has 0 bridgehead atoms. The van der Waals surface area contributed by atoms with E-state index in [1.165, 1.54) is 96.3 Å². The van der Waals surface area contributed by atoms with E-state index in [9.17, 15) is 14.7 Å². The number of aliphatic hydroxyl groups is 1. The minimum Gasteiger partial charge on any atom is -0.462 e. The summed E-state index contributed by atoms with van der Waals surface area (Å²) in [6.07, 6.45) is 25.8. The van der Waals surface area contributed by atoms with E-state index in [0.29, 0.717) is 12.8 Å². The molecule has 0 saturated heterocycles. The lowest BCUT2D eigenvalue weighted by atomic mass is 10.1. The Labute approximate surface area is 217 Å². The zero-order valence-electron chi connectivity index (χ0n) is 23.3. The van der Waals surface area contributed by atoms with Gasteiger partial charge in [-0.15, -0.1) is 0 Å². The molecule has 0 spiro atoms. The summed E-state index contributed by atoms with van der Waals surface area (Å²) < 4.78 is 10.5. The molecule has 0 amide bonds. The van der Waals surface area contributed by atoms with Crippen molar-refractivity contribution >= 4 is 11.9 Å². The number of carbonyl (C=O) groups excluding carboxylic acids is 2. The van der Waals surface area contributed by atoms with Gasteiger partial charge in [0.25, 0.3) is 0 Å². The lowest BCUT2D eigenvalue weighted by Gasteiger charge is -2.15. The van der Waals surface area contributed by atoms with Crippen LogP contribution in [0.1, 0.15) is 162 Å². The van der Waals surface area contributed by atoms with Crippen LogP contribution in [0.25, 0.3) is 0 Å². The van der Waals surface area contributed by atoms with Crippen molar-refractivity contribution in [3.8, 4) is 0 Å². The lowest BCUT2D eigenvalue weighted by molar-refractivity contribution is -0.161. The molecule has 0 aliphatic heterocycles. The number of unbranched alkanes of at least 4 members (excludes halogenated alkanes) is 19. The van der Waals surface area contributed by atoms with E-state index >= 15 is 0 Å². The van der Waals surface area contributed by atoms with E-state index in [2.05, 4.69) is 13.8 Å². The van der Waals surface area contributed by atoms with Crippen LogP contribution in [0, 0.1) is 0 Å². The maximum absolute atomic E-state index is 12.0. The van der Waals surface area contributed by atoms with Gasteiger partial charge in [-0.05, 0) is 12.8 Å². The Bertz CT molecular complexity index is 466. The van der Waals surface area contributed by atoms with E-state index in [1.807, 2.05) is 0 Å². The van der Waals surface area contributed by atoms with Crippen molar-refractivity contribution in [3.05, 3.63) is 0 Å². The van der Waals surface area contributed by atoms with E-state index in [4.69, 9.17) is 9.47 Å². The molecule has 35 heavy (non-hydrogen) atoms. The first-order valence-corrected chi connectivity index (χ1v) is 15.1. The summed E-state index contributed by atoms with van der Waals surface area (Å²) in [7, 11) is 0. The molecular weight excluding hydrogens is 440 g/mol. The molecule has 0 aliphatic rings. The van der Waals surface area contributed by atoms with Gasteiger partial charge in [0, 0.05) is 12.8 Å². The van der Waals surface area contributed by atoms with Crippen LogP contribution in [-0.2, 0) is 19.1 Å². The van der Waals surface area contributed by atoms with Crippen LogP contribution in [0.4, 0.5) is 0 Å². The van der Waals surface area contributed by atoms with Gasteiger partial charge in [-0.3, -0.25) is 9.59 Å². The van der Waals surface area contributed by atoms with E-state index in [-0.39, 0.29) is 25.2 Å². The fourth-order valence-electron chi connectivity index (χ4n) is 4.32. The Kier molecular flexibility index (Phi) is 26.6. The summed E-state index contributed by atoms with van der Waals surface area (Å²) in [5, 5.41) is 9.44. The highest BCUT2D eigenvalue weighted by molar-refractivity contribution is 5.70. The quantitative estimate of drug-likeness (QED) is 0.0908. The molecule has 0 aromatic rings. The SMILES string of the molecule is CCCCCCCCCCCCCC(=O)O[C@@H](CO)COC(=O)CCCCCCCCCCCC. The summed E-state index contributed by atoms with van der Waals surface area (Å²) in [6.45, 7) is 4.10. The highest BCUT2D eigenvalue weighted by atomic mass is 16.6. The van der Waals surface area contributed by atoms with Crippen molar-refractivity contribution in [2.24, 2.45) is 0 Å². The first kappa shape index (κ1) is 33.9. The van der Waals surface area contributed by atoms with Crippen molar-refractivity contribution in [2.75, 3.05) is 13.2 Å². The van der Waals surface area contributed by atoms with Crippen molar-refractivity contribution < 1.29 is 24.2 Å². The van der Waals surface area contributed by atoms with Gasteiger partial charge in [-0.2, -0.15) is 0 Å². The summed E-state index contributed by atoms with van der Waals surface area (Å²) in [6, 6.07) is 0. The van der Waals surface area contributed by atoms with Gasteiger partial charge in [-0.25, -0.2) is 0 Å². The summed E-state index contributed by atoms with van der Waals surface area (Å²) >= 11 is 0. The third-order valence-corrected chi connectivity index (χ3v) is 6.65. The van der Waals surface area contributed by atoms with Crippen LogP contribution in [0.5, 0.6) is 0 Å². The lowest BCUT2D eigenvalue weighted by Crippen LogP contribution is -2.28. The number of aliphatic hydroxyl groups excluding tert-OH is 1. The first-order valence-electron chi connectivity index (χ1n) is 15.1. The second-order valence-electron chi connectivity index (χ2n) is 10.2. The third kappa shape index (κ3) is 25.8.